The highest BCUT2D eigenvalue weighted by molar-refractivity contribution is 6.39. The monoisotopic (exact) mass is 392 g/mol. The van der Waals surface area contributed by atoms with Crippen molar-refractivity contribution < 1.29 is 9.59 Å². The summed E-state index contributed by atoms with van der Waals surface area (Å²) in [6.45, 7) is 3.97. The topological polar surface area (TPSA) is 91.6 Å². The standard InChI is InChI=1S/C21H24N6O2/c1-15-7-5-9-18-24-16(14-27(15)18)13-23-20(28)21(29)25-17-8-6-10-22-19(17)26-11-3-2-4-12-26/h5-10,14H,2-4,11-13H2,1H3,(H,23,28)(H,25,29). The maximum atomic E-state index is 12.4. The van der Waals surface area contributed by atoms with Crippen LogP contribution < -0.4 is 15.5 Å². The zero-order chi connectivity index (χ0) is 20.2. The smallest absolute Gasteiger partial charge is 0.313 e. The lowest BCUT2D eigenvalue weighted by molar-refractivity contribution is -0.136. The third-order valence-corrected chi connectivity index (χ3v) is 5.07. The molecular formula is C21H24N6O2. The second kappa shape index (κ2) is 8.30. The number of aryl methyl sites for hydroxylation is 1. The first-order chi connectivity index (χ1) is 14.1. The highest BCUT2D eigenvalue weighted by atomic mass is 16.2. The molecule has 0 bridgehead atoms. The van der Waals surface area contributed by atoms with Gasteiger partial charge >= 0.3 is 11.8 Å². The fourth-order valence-electron chi connectivity index (χ4n) is 3.57. The van der Waals surface area contributed by atoms with Crippen LogP contribution in [0.5, 0.6) is 0 Å². The fraction of sp³-hybridized carbons (Fsp3) is 0.333. The predicted molar refractivity (Wildman–Crippen MR) is 111 cm³/mol. The first kappa shape index (κ1) is 18.9. The number of imidazole rings is 1. The lowest BCUT2D eigenvalue weighted by Crippen LogP contribution is -2.36. The number of rotatable bonds is 4. The van der Waals surface area contributed by atoms with E-state index in [4.69, 9.17) is 0 Å². The van der Waals surface area contributed by atoms with E-state index in [-0.39, 0.29) is 6.54 Å². The molecule has 0 atom stereocenters. The number of pyridine rings is 2. The maximum absolute atomic E-state index is 12.4. The molecule has 4 rings (SSSR count). The zero-order valence-electron chi connectivity index (χ0n) is 16.4. The number of carbonyl (C=O) groups excluding carboxylic acids is 2. The van der Waals surface area contributed by atoms with E-state index in [9.17, 15) is 9.59 Å². The van der Waals surface area contributed by atoms with Gasteiger partial charge in [-0.1, -0.05) is 6.07 Å². The molecular weight excluding hydrogens is 368 g/mol. The molecule has 3 aromatic heterocycles. The van der Waals surface area contributed by atoms with E-state index in [1.165, 1.54) is 6.42 Å². The van der Waals surface area contributed by atoms with Crippen molar-refractivity contribution in [1.82, 2.24) is 19.7 Å². The van der Waals surface area contributed by atoms with E-state index in [2.05, 4.69) is 25.5 Å². The molecule has 4 heterocycles. The van der Waals surface area contributed by atoms with E-state index >= 15 is 0 Å². The highest BCUT2D eigenvalue weighted by Gasteiger charge is 2.20. The van der Waals surface area contributed by atoms with E-state index in [0.717, 1.165) is 37.3 Å². The van der Waals surface area contributed by atoms with Crippen LogP contribution in [-0.4, -0.2) is 39.3 Å². The quantitative estimate of drug-likeness (QED) is 0.665. The minimum atomic E-state index is -0.712. The molecule has 1 fully saturated rings. The Morgan fingerprint density at radius 2 is 1.90 bits per heavy atom. The number of amides is 2. The van der Waals surface area contributed by atoms with Crippen LogP contribution in [0.25, 0.3) is 5.65 Å². The van der Waals surface area contributed by atoms with Crippen molar-refractivity contribution in [1.29, 1.82) is 0 Å². The van der Waals surface area contributed by atoms with Gasteiger partial charge in [0.2, 0.25) is 0 Å². The summed E-state index contributed by atoms with van der Waals surface area (Å²) >= 11 is 0. The van der Waals surface area contributed by atoms with Gasteiger partial charge in [0.1, 0.15) is 5.65 Å². The van der Waals surface area contributed by atoms with Crippen molar-refractivity contribution in [2.75, 3.05) is 23.3 Å². The van der Waals surface area contributed by atoms with E-state index in [1.807, 2.05) is 35.7 Å². The third kappa shape index (κ3) is 4.21. The lowest BCUT2D eigenvalue weighted by Gasteiger charge is -2.29. The molecule has 0 aliphatic carbocycles. The van der Waals surface area contributed by atoms with Gasteiger partial charge < -0.3 is 19.9 Å². The maximum Gasteiger partial charge on any atom is 0.313 e. The molecule has 1 aliphatic rings. The Morgan fingerprint density at radius 1 is 1.07 bits per heavy atom. The van der Waals surface area contributed by atoms with Crippen LogP contribution in [0.2, 0.25) is 0 Å². The predicted octanol–water partition coefficient (Wildman–Crippen LogP) is 2.28. The van der Waals surface area contributed by atoms with Crippen molar-refractivity contribution in [3.63, 3.8) is 0 Å². The summed E-state index contributed by atoms with van der Waals surface area (Å²) in [6, 6.07) is 9.34. The Kier molecular flexibility index (Phi) is 5.41. The normalized spacial score (nSPS) is 14.0. The Balaban J connectivity index is 1.39. The molecule has 0 spiro atoms. The summed E-state index contributed by atoms with van der Waals surface area (Å²) in [6.07, 6.45) is 6.96. The minimum absolute atomic E-state index is 0.180. The van der Waals surface area contributed by atoms with Crippen LogP contribution in [0.4, 0.5) is 11.5 Å². The number of hydrogen-bond donors (Lipinski definition) is 2. The molecule has 2 amide bonds. The van der Waals surface area contributed by atoms with E-state index in [1.54, 1.807) is 18.3 Å². The van der Waals surface area contributed by atoms with E-state index < -0.39 is 11.8 Å². The number of fused-ring (bicyclic) bond motifs is 1. The molecule has 2 N–H and O–H groups in total. The van der Waals surface area contributed by atoms with Crippen molar-refractivity contribution in [2.45, 2.75) is 32.7 Å². The average molecular weight is 392 g/mol. The second-order valence-corrected chi connectivity index (χ2v) is 7.19. The molecule has 29 heavy (non-hydrogen) atoms. The number of carbonyl (C=O) groups is 2. The first-order valence-electron chi connectivity index (χ1n) is 9.84. The molecule has 0 aromatic carbocycles. The molecule has 1 aliphatic heterocycles. The van der Waals surface area contributed by atoms with Crippen LogP contribution in [0.3, 0.4) is 0 Å². The number of aromatic nitrogens is 3. The summed E-state index contributed by atoms with van der Waals surface area (Å²) < 4.78 is 1.95. The molecule has 0 radical (unpaired) electrons. The number of hydrogen-bond acceptors (Lipinski definition) is 5. The van der Waals surface area contributed by atoms with Crippen molar-refractivity contribution in [2.24, 2.45) is 0 Å². The molecule has 150 valence electrons. The van der Waals surface area contributed by atoms with Gasteiger partial charge in [0.25, 0.3) is 0 Å². The minimum Gasteiger partial charge on any atom is -0.355 e. The first-order valence-corrected chi connectivity index (χ1v) is 9.84. The van der Waals surface area contributed by atoms with Crippen LogP contribution in [0.1, 0.15) is 30.7 Å². The van der Waals surface area contributed by atoms with Gasteiger partial charge in [-0.2, -0.15) is 0 Å². The summed E-state index contributed by atoms with van der Waals surface area (Å²) in [5.41, 5.74) is 3.10. The Bertz CT molecular complexity index is 1040. The van der Waals surface area contributed by atoms with Crippen molar-refractivity contribution in [3.05, 3.63) is 54.1 Å². The molecule has 3 aromatic rings. The van der Waals surface area contributed by atoms with Crippen LogP contribution >= 0.6 is 0 Å². The number of piperidine rings is 1. The summed E-state index contributed by atoms with van der Waals surface area (Å²) in [5, 5.41) is 5.34. The average Bonchev–Trinajstić information content (AvgIpc) is 3.17. The third-order valence-electron chi connectivity index (χ3n) is 5.07. The van der Waals surface area contributed by atoms with Gasteiger partial charge in [-0.25, -0.2) is 9.97 Å². The summed E-state index contributed by atoms with van der Waals surface area (Å²) in [4.78, 5) is 35.7. The largest absolute Gasteiger partial charge is 0.355 e. The molecule has 0 unspecified atom stereocenters. The van der Waals surface area contributed by atoms with Crippen molar-refractivity contribution in [3.8, 4) is 0 Å². The Morgan fingerprint density at radius 3 is 2.69 bits per heavy atom. The summed E-state index contributed by atoms with van der Waals surface area (Å²) in [7, 11) is 0. The van der Waals surface area contributed by atoms with Gasteiger partial charge in [-0.3, -0.25) is 9.59 Å². The van der Waals surface area contributed by atoms with Gasteiger partial charge in [0.15, 0.2) is 5.82 Å². The van der Waals surface area contributed by atoms with Crippen LogP contribution in [0, 0.1) is 6.92 Å². The second-order valence-electron chi connectivity index (χ2n) is 7.19. The van der Waals surface area contributed by atoms with Crippen molar-refractivity contribution >= 4 is 29.0 Å². The zero-order valence-corrected chi connectivity index (χ0v) is 16.4. The van der Waals surface area contributed by atoms with Gasteiger partial charge in [0, 0.05) is 31.2 Å². The highest BCUT2D eigenvalue weighted by Crippen LogP contribution is 2.25. The summed E-state index contributed by atoms with van der Waals surface area (Å²) in [5.74, 6) is -0.701. The van der Waals surface area contributed by atoms with Gasteiger partial charge in [-0.05, 0) is 50.5 Å². The molecule has 8 heteroatoms. The SMILES string of the molecule is Cc1cccc2nc(CNC(=O)C(=O)Nc3cccnc3N3CCCCC3)cn12. The van der Waals surface area contributed by atoms with Gasteiger partial charge in [-0.15, -0.1) is 0 Å². The van der Waals surface area contributed by atoms with E-state index in [0.29, 0.717) is 17.2 Å². The van der Waals surface area contributed by atoms with Crippen LogP contribution in [-0.2, 0) is 16.1 Å². The number of anilines is 2. The fourth-order valence-corrected chi connectivity index (χ4v) is 3.57. The molecule has 0 saturated carbocycles. The number of nitrogens with zero attached hydrogens (tertiary/aromatic N) is 4. The van der Waals surface area contributed by atoms with Crippen LogP contribution in [0.15, 0.2) is 42.7 Å². The Hall–Kier alpha value is -3.42. The number of nitrogens with one attached hydrogen (secondary N) is 2. The lowest BCUT2D eigenvalue weighted by atomic mass is 10.1. The molecule has 8 nitrogen and oxygen atoms in total. The van der Waals surface area contributed by atoms with Gasteiger partial charge in [0.05, 0.1) is 17.9 Å². The molecule has 1 saturated heterocycles. The Labute approximate surface area is 169 Å².